The number of cyclic esters (lactones) is 1. The zero-order chi connectivity index (χ0) is 11.5. The standard InChI is InChI=1S/C11H13NO4.ClH/c1-14-7-3-4-10(15-2)8(5-7)9-6-16-11(13)12-9;/h3-5,9H,6H2,1-2H3,(H,12,13);1H/t9-;/m1./s1. The Morgan fingerprint density at radius 1 is 1.35 bits per heavy atom. The van der Waals surface area contributed by atoms with Gasteiger partial charge in [0.25, 0.3) is 0 Å². The van der Waals surface area contributed by atoms with Crippen molar-refractivity contribution in [3.05, 3.63) is 23.8 Å². The zero-order valence-electron chi connectivity index (χ0n) is 9.56. The lowest BCUT2D eigenvalue weighted by atomic mass is 10.1. The van der Waals surface area contributed by atoms with Gasteiger partial charge in [0.2, 0.25) is 0 Å². The van der Waals surface area contributed by atoms with Gasteiger partial charge in [0.1, 0.15) is 18.1 Å². The first-order chi connectivity index (χ1) is 7.74. The maximum Gasteiger partial charge on any atom is 0.407 e. The Morgan fingerprint density at radius 3 is 2.65 bits per heavy atom. The van der Waals surface area contributed by atoms with Gasteiger partial charge in [0.05, 0.1) is 20.3 Å². The molecule has 0 aromatic heterocycles. The predicted octanol–water partition coefficient (Wildman–Crippen LogP) is 1.91. The molecule has 6 heteroatoms. The van der Waals surface area contributed by atoms with E-state index < -0.39 is 6.09 Å². The quantitative estimate of drug-likeness (QED) is 0.901. The van der Waals surface area contributed by atoms with Gasteiger partial charge in [-0.15, -0.1) is 12.4 Å². The van der Waals surface area contributed by atoms with Crippen LogP contribution >= 0.6 is 12.4 Å². The summed E-state index contributed by atoms with van der Waals surface area (Å²) in [6.45, 7) is 0.308. The Hall–Kier alpha value is -1.62. The van der Waals surface area contributed by atoms with E-state index in [0.29, 0.717) is 12.4 Å². The number of carbonyl (C=O) groups is 1. The number of alkyl carbamates (subject to hydrolysis) is 1. The fraction of sp³-hybridized carbons (Fsp3) is 0.364. The molecule has 1 aliphatic rings. The molecule has 0 aliphatic carbocycles. The molecule has 1 fully saturated rings. The predicted molar refractivity (Wildman–Crippen MR) is 64.0 cm³/mol. The summed E-state index contributed by atoms with van der Waals surface area (Å²) in [5.41, 5.74) is 0.854. The molecule has 1 aliphatic heterocycles. The van der Waals surface area contributed by atoms with Gasteiger partial charge in [0.15, 0.2) is 0 Å². The van der Waals surface area contributed by atoms with Crippen LogP contribution in [0, 0.1) is 0 Å². The molecule has 1 atom stereocenters. The molecule has 17 heavy (non-hydrogen) atoms. The molecule has 1 amide bonds. The Morgan fingerprint density at radius 2 is 2.12 bits per heavy atom. The largest absolute Gasteiger partial charge is 0.497 e. The third kappa shape index (κ3) is 2.74. The van der Waals surface area contributed by atoms with Crippen LogP contribution in [0.4, 0.5) is 4.79 Å². The minimum Gasteiger partial charge on any atom is -0.497 e. The van der Waals surface area contributed by atoms with E-state index in [-0.39, 0.29) is 18.4 Å². The van der Waals surface area contributed by atoms with Crippen LogP contribution in [0.5, 0.6) is 11.5 Å². The summed E-state index contributed by atoms with van der Waals surface area (Å²) in [5, 5.41) is 2.70. The van der Waals surface area contributed by atoms with Gasteiger partial charge in [-0.25, -0.2) is 4.79 Å². The molecule has 94 valence electrons. The lowest BCUT2D eigenvalue weighted by molar-refractivity contribution is 0.177. The first kappa shape index (κ1) is 13.4. The highest BCUT2D eigenvalue weighted by Crippen LogP contribution is 2.31. The summed E-state index contributed by atoms with van der Waals surface area (Å²) in [4.78, 5) is 11.0. The maximum atomic E-state index is 11.0. The molecule has 2 rings (SSSR count). The zero-order valence-corrected chi connectivity index (χ0v) is 10.4. The number of methoxy groups -OCH3 is 2. The Bertz CT molecular complexity index is 410. The first-order valence-electron chi connectivity index (χ1n) is 4.90. The number of halogens is 1. The van der Waals surface area contributed by atoms with Gasteiger partial charge in [-0.2, -0.15) is 0 Å². The second kappa shape index (κ2) is 5.63. The fourth-order valence-corrected chi connectivity index (χ4v) is 1.66. The third-order valence-electron chi connectivity index (χ3n) is 2.49. The van der Waals surface area contributed by atoms with E-state index in [1.807, 2.05) is 6.07 Å². The molecule has 1 N–H and O–H groups in total. The third-order valence-corrected chi connectivity index (χ3v) is 2.49. The molecule has 5 nitrogen and oxygen atoms in total. The number of hydrogen-bond acceptors (Lipinski definition) is 4. The van der Waals surface area contributed by atoms with Crippen molar-refractivity contribution in [2.75, 3.05) is 20.8 Å². The van der Waals surface area contributed by atoms with Gasteiger partial charge >= 0.3 is 6.09 Å². The number of hydrogen-bond donors (Lipinski definition) is 1. The lowest BCUT2D eigenvalue weighted by Crippen LogP contribution is -2.18. The number of benzene rings is 1. The van der Waals surface area contributed by atoms with Crippen LogP contribution < -0.4 is 14.8 Å². The average molecular weight is 260 g/mol. The van der Waals surface area contributed by atoms with Gasteiger partial charge < -0.3 is 19.5 Å². The molecule has 0 bridgehead atoms. The topological polar surface area (TPSA) is 56.8 Å². The molecule has 0 saturated carbocycles. The van der Waals surface area contributed by atoms with Gasteiger partial charge in [0, 0.05) is 5.56 Å². The van der Waals surface area contributed by atoms with Crippen molar-refractivity contribution in [2.24, 2.45) is 0 Å². The Labute approximate surface area is 105 Å². The van der Waals surface area contributed by atoms with E-state index in [0.717, 1.165) is 11.3 Å². The molecule has 1 saturated heterocycles. The normalized spacial score (nSPS) is 17.8. The number of nitrogens with one attached hydrogen (secondary N) is 1. The summed E-state index contributed by atoms with van der Waals surface area (Å²) >= 11 is 0. The molecule has 1 heterocycles. The highest BCUT2D eigenvalue weighted by Gasteiger charge is 2.26. The van der Waals surface area contributed by atoms with Crippen LogP contribution in [-0.2, 0) is 4.74 Å². The average Bonchev–Trinajstić information content (AvgIpc) is 2.75. The highest BCUT2D eigenvalue weighted by molar-refractivity contribution is 5.85. The van der Waals surface area contributed by atoms with E-state index in [2.05, 4.69) is 5.32 Å². The van der Waals surface area contributed by atoms with Gasteiger partial charge in [-0.1, -0.05) is 0 Å². The number of amides is 1. The Kier molecular flexibility index (Phi) is 4.45. The first-order valence-corrected chi connectivity index (χ1v) is 4.90. The summed E-state index contributed by atoms with van der Waals surface area (Å²) in [7, 11) is 3.18. The van der Waals surface area contributed by atoms with Crippen molar-refractivity contribution in [3.8, 4) is 11.5 Å². The van der Waals surface area contributed by atoms with E-state index in [9.17, 15) is 4.79 Å². The summed E-state index contributed by atoms with van der Waals surface area (Å²) in [6.07, 6.45) is -0.408. The second-order valence-corrected chi connectivity index (χ2v) is 3.40. The van der Waals surface area contributed by atoms with E-state index in [1.54, 1.807) is 26.4 Å². The summed E-state index contributed by atoms with van der Waals surface area (Å²) in [5.74, 6) is 1.42. The van der Waals surface area contributed by atoms with Crippen LogP contribution in [0.1, 0.15) is 11.6 Å². The molecule has 0 unspecified atom stereocenters. The smallest absolute Gasteiger partial charge is 0.407 e. The summed E-state index contributed by atoms with van der Waals surface area (Å²) in [6, 6.07) is 5.26. The molecular formula is C11H14ClNO4. The van der Waals surface area contributed by atoms with Crippen molar-refractivity contribution in [2.45, 2.75) is 6.04 Å². The van der Waals surface area contributed by atoms with E-state index in [1.165, 1.54) is 0 Å². The van der Waals surface area contributed by atoms with Gasteiger partial charge in [-0.05, 0) is 18.2 Å². The van der Waals surface area contributed by atoms with Crippen molar-refractivity contribution in [3.63, 3.8) is 0 Å². The SMILES string of the molecule is COc1ccc(OC)c([C@H]2COC(=O)N2)c1.Cl. The fourth-order valence-electron chi connectivity index (χ4n) is 1.66. The Balaban J connectivity index is 0.00000144. The van der Waals surface area contributed by atoms with Crippen LogP contribution in [0.3, 0.4) is 0 Å². The molecule has 1 aromatic carbocycles. The minimum absolute atomic E-state index is 0. The molecular weight excluding hydrogens is 246 g/mol. The lowest BCUT2D eigenvalue weighted by Gasteiger charge is -2.14. The number of rotatable bonds is 3. The van der Waals surface area contributed by atoms with Crippen molar-refractivity contribution in [1.29, 1.82) is 0 Å². The van der Waals surface area contributed by atoms with Crippen molar-refractivity contribution in [1.82, 2.24) is 5.32 Å². The second-order valence-electron chi connectivity index (χ2n) is 3.40. The van der Waals surface area contributed by atoms with Gasteiger partial charge in [-0.3, -0.25) is 0 Å². The van der Waals surface area contributed by atoms with Crippen LogP contribution in [0.15, 0.2) is 18.2 Å². The van der Waals surface area contributed by atoms with Crippen LogP contribution in [0.25, 0.3) is 0 Å². The van der Waals surface area contributed by atoms with Crippen molar-refractivity contribution >= 4 is 18.5 Å². The molecule has 1 aromatic rings. The molecule has 0 spiro atoms. The highest BCUT2D eigenvalue weighted by atomic mass is 35.5. The maximum absolute atomic E-state index is 11.0. The van der Waals surface area contributed by atoms with Crippen molar-refractivity contribution < 1.29 is 19.0 Å². The van der Waals surface area contributed by atoms with Crippen LogP contribution in [-0.4, -0.2) is 26.9 Å². The minimum atomic E-state index is -0.408. The van der Waals surface area contributed by atoms with Crippen LogP contribution in [0.2, 0.25) is 0 Å². The molecule has 0 radical (unpaired) electrons. The number of carbonyl (C=O) groups excluding carboxylic acids is 1. The summed E-state index contributed by atoms with van der Waals surface area (Å²) < 4.78 is 15.2. The number of ether oxygens (including phenoxy) is 3. The van der Waals surface area contributed by atoms with E-state index in [4.69, 9.17) is 14.2 Å². The monoisotopic (exact) mass is 259 g/mol. The van der Waals surface area contributed by atoms with E-state index >= 15 is 0 Å².